The second-order valence-electron chi connectivity index (χ2n) is 6.68. The summed E-state index contributed by atoms with van der Waals surface area (Å²) in [6, 6.07) is 25.4. The fourth-order valence-electron chi connectivity index (χ4n) is 3.19. The molecule has 3 aromatic carbocycles. The number of ether oxygens (including phenoxy) is 1. The predicted octanol–water partition coefficient (Wildman–Crippen LogP) is 5.63. The number of nitrogens with zero attached hydrogens (tertiary/aromatic N) is 1. The van der Waals surface area contributed by atoms with Crippen LogP contribution < -0.4 is 10.1 Å². The average molecular weight is 370 g/mol. The molecule has 0 aliphatic heterocycles. The smallest absolute Gasteiger partial charge is 0.244 e. The number of aryl methyl sites for hydroxylation is 1. The Morgan fingerprint density at radius 2 is 1.68 bits per heavy atom. The van der Waals surface area contributed by atoms with Gasteiger partial charge < -0.3 is 14.6 Å². The van der Waals surface area contributed by atoms with Gasteiger partial charge in [-0.05, 0) is 72.0 Å². The van der Waals surface area contributed by atoms with Crippen molar-refractivity contribution in [3.05, 3.63) is 90.6 Å². The molecule has 4 nitrogen and oxygen atoms in total. The van der Waals surface area contributed by atoms with Crippen LogP contribution in [0.1, 0.15) is 12.5 Å². The van der Waals surface area contributed by atoms with Crippen LogP contribution in [-0.4, -0.2) is 10.5 Å². The predicted molar refractivity (Wildman–Crippen MR) is 113 cm³/mol. The number of hydrogen-bond donors (Lipinski definition) is 1. The zero-order chi connectivity index (χ0) is 19.3. The number of benzene rings is 3. The Bertz CT molecular complexity index is 1080. The van der Waals surface area contributed by atoms with Gasteiger partial charge in [0.25, 0.3) is 0 Å². The Hall–Kier alpha value is -3.53. The maximum atomic E-state index is 12.5. The first kappa shape index (κ1) is 17.9. The molecular weight excluding hydrogens is 348 g/mol. The summed E-state index contributed by atoms with van der Waals surface area (Å²) in [6.07, 6.45) is 2.96. The molecule has 0 aliphatic rings. The summed E-state index contributed by atoms with van der Waals surface area (Å²) in [5.74, 6) is 1.45. The summed E-state index contributed by atoms with van der Waals surface area (Å²) >= 11 is 0. The summed E-state index contributed by atoms with van der Waals surface area (Å²) in [5, 5.41) is 4.10. The van der Waals surface area contributed by atoms with E-state index in [2.05, 4.69) is 36.5 Å². The van der Waals surface area contributed by atoms with Crippen molar-refractivity contribution in [2.75, 3.05) is 5.32 Å². The van der Waals surface area contributed by atoms with Crippen molar-refractivity contribution in [1.82, 2.24) is 4.57 Å². The van der Waals surface area contributed by atoms with Crippen LogP contribution in [0, 0.1) is 0 Å². The molecule has 1 heterocycles. The number of carbonyl (C=O) groups excluding carboxylic acids is 1. The van der Waals surface area contributed by atoms with Crippen molar-refractivity contribution in [2.24, 2.45) is 0 Å². The van der Waals surface area contributed by atoms with Crippen molar-refractivity contribution in [3.8, 4) is 11.5 Å². The van der Waals surface area contributed by atoms with Crippen LogP contribution >= 0.6 is 0 Å². The Morgan fingerprint density at radius 3 is 2.43 bits per heavy atom. The third kappa shape index (κ3) is 4.07. The van der Waals surface area contributed by atoms with Crippen LogP contribution in [0.4, 0.5) is 5.69 Å². The van der Waals surface area contributed by atoms with Gasteiger partial charge >= 0.3 is 0 Å². The van der Waals surface area contributed by atoms with E-state index in [1.807, 2.05) is 65.4 Å². The number of amides is 1. The summed E-state index contributed by atoms with van der Waals surface area (Å²) in [4.78, 5) is 12.5. The highest BCUT2D eigenvalue weighted by molar-refractivity contribution is 5.92. The number of carbonyl (C=O) groups is 1. The minimum absolute atomic E-state index is 0.0613. The Morgan fingerprint density at radius 1 is 0.929 bits per heavy atom. The van der Waals surface area contributed by atoms with Crippen molar-refractivity contribution in [1.29, 1.82) is 0 Å². The quantitative estimate of drug-likeness (QED) is 0.478. The molecule has 28 heavy (non-hydrogen) atoms. The largest absolute Gasteiger partial charge is 0.457 e. The lowest BCUT2D eigenvalue weighted by atomic mass is 10.1. The van der Waals surface area contributed by atoms with Crippen LogP contribution in [0.3, 0.4) is 0 Å². The molecule has 0 fully saturated rings. The minimum Gasteiger partial charge on any atom is -0.457 e. The Balaban J connectivity index is 1.40. The molecule has 0 spiro atoms. The zero-order valence-electron chi connectivity index (χ0n) is 15.8. The van der Waals surface area contributed by atoms with Crippen LogP contribution in [0.15, 0.2) is 85.1 Å². The van der Waals surface area contributed by atoms with Gasteiger partial charge in [0.15, 0.2) is 0 Å². The van der Waals surface area contributed by atoms with Crippen molar-refractivity contribution >= 4 is 22.5 Å². The first-order chi connectivity index (χ1) is 13.7. The summed E-state index contributed by atoms with van der Waals surface area (Å²) in [5.41, 5.74) is 3.11. The van der Waals surface area contributed by atoms with Crippen LogP contribution in [0.5, 0.6) is 11.5 Å². The fourth-order valence-corrected chi connectivity index (χ4v) is 3.19. The molecule has 1 N–H and O–H groups in total. The molecule has 1 aromatic heterocycles. The van der Waals surface area contributed by atoms with E-state index < -0.39 is 0 Å². The van der Waals surface area contributed by atoms with Gasteiger partial charge in [-0.2, -0.15) is 0 Å². The number of nitrogens with one attached hydrogen (secondary N) is 1. The molecule has 4 aromatic rings. The van der Waals surface area contributed by atoms with Gasteiger partial charge in [-0.15, -0.1) is 0 Å². The lowest BCUT2D eigenvalue weighted by Crippen LogP contribution is -2.18. The van der Waals surface area contributed by atoms with Gasteiger partial charge in [0, 0.05) is 17.4 Å². The van der Waals surface area contributed by atoms with E-state index in [-0.39, 0.29) is 12.5 Å². The molecular formula is C24H22N2O2. The number of anilines is 1. The van der Waals surface area contributed by atoms with E-state index in [1.165, 1.54) is 5.56 Å². The highest BCUT2D eigenvalue weighted by Crippen LogP contribution is 2.23. The highest BCUT2D eigenvalue weighted by atomic mass is 16.5. The lowest BCUT2D eigenvalue weighted by Gasteiger charge is -2.09. The number of hydrogen-bond acceptors (Lipinski definition) is 2. The number of para-hydroxylation sites is 1. The van der Waals surface area contributed by atoms with E-state index in [0.717, 1.165) is 34.5 Å². The van der Waals surface area contributed by atoms with Gasteiger partial charge in [-0.1, -0.05) is 31.2 Å². The second-order valence-corrected chi connectivity index (χ2v) is 6.68. The molecule has 1 amide bonds. The van der Waals surface area contributed by atoms with Gasteiger partial charge in [0.2, 0.25) is 5.91 Å². The Kier molecular flexibility index (Phi) is 5.11. The van der Waals surface area contributed by atoms with E-state index in [1.54, 1.807) is 0 Å². The third-order valence-electron chi connectivity index (χ3n) is 4.67. The summed E-state index contributed by atoms with van der Waals surface area (Å²) in [7, 11) is 0. The second kappa shape index (κ2) is 8.01. The molecule has 0 saturated carbocycles. The van der Waals surface area contributed by atoms with Gasteiger partial charge in [-0.3, -0.25) is 4.79 Å². The standard InChI is InChI=1S/C24H22N2O2/c1-2-18-8-13-23-19(16-18)14-15-26(23)17-24(27)25-20-9-11-22(12-10-20)28-21-6-4-3-5-7-21/h3-16H,2,17H2,1H3,(H,25,27). The number of rotatable bonds is 6. The molecule has 4 rings (SSSR count). The van der Waals surface area contributed by atoms with E-state index in [9.17, 15) is 4.79 Å². The normalized spacial score (nSPS) is 10.8. The average Bonchev–Trinajstić information content (AvgIpc) is 3.12. The van der Waals surface area contributed by atoms with Gasteiger partial charge in [-0.25, -0.2) is 0 Å². The van der Waals surface area contributed by atoms with Crippen LogP contribution in [-0.2, 0) is 17.8 Å². The first-order valence-corrected chi connectivity index (χ1v) is 9.42. The lowest BCUT2D eigenvalue weighted by molar-refractivity contribution is -0.116. The maximum Gasteiger partial charge on any atom is 0.244 e. The minimum atomic E-state index is -0.0613. The number of fused-ring (bicyclic) bond motifs is 1. The molecule has 140 valence electrons. The fraction of sp³-hybridized carbons (Fsp3) is 0.125. The van der Waals surface area contributed by atoms with Gasteiger partial charge in [0.1, 0.15) is 18.0 Å². The summed E-state index contributed by atoms with van der Waals surface area (Å²) < 4.78 is 7.74. The molecule has 0 atom stereocenters. The molecule has 4 heteroatoms. The zero-order valence-corrected chi connectivity index (χ0v) is 15.8. The monoisotopic (exact) mass is 370 g/mol. The maximum absolute atomic E-state index is 12.5. The molecule has 0 radical (unpaired) electrons. The number of aromatic nitrogens is 1. The highest BCUT2D eigenvalue weighted by Gasteiger charge is 2.08. The van der Waals surface area contributed by atoms with Crippen molar-refractivity contribution in [2.45, 2.75) is 19.9 Å². The van der Waals surface area contributed by atoms with E-state index in [4.69, 9.17) is 4.74 Å². The molecule has 0 aliphatic carbocycles. The van der Waals surface area contributed by atoms with Crippen LogP contribution in [0.2, 0.25) is 0 Å². The van der Waals surface area contributed by atoms with Crippen LogP contribution in [0.25, 0.3) is 10.9 Å². The molecule has 0 bridgehead atoms. The van der Waals surface area contributed by atoms with Crippen molar-refractivity contribution in [3.63, 3.8) is 0 Å². The third-order valence-corrected chi connectivity index (χ3v) is 4.67. The summed E-state index contributed by atoms with van der Waals surface area (Å²) in [6.45, 7) is 2.42. The SMILES string of the molecule is CCc1ccc2c(ccn2CC(=O)Nc2ccc(Oc3ccccc3)cc2)c1. The van der Waals surface area contributed by atoms with Crippen molar-refractivity contribution < 1.29 is 9.53 Å². The van der Waals surface area contributed by atoms with Gasteiger partial charge in [0.05, 0.1) is 0 Å². The topological polar surface area (TPSA) is 43.3 Å². The van der Waals surface area contributed by atoms with E-state index >= 15 is 0 Å². The Labute approximate surface area is 164 Å². The first-order valence-electron chi connectivity index (χ1n) is 9.42. The molecule has 0 saturated heterocycles. The molecule has 0 unspecified atom stereocenters. The van der Waals surface area contributed by atoms with E-state index in [0.29, 0.717) is 0 Å².